The maximum absolute atomic E-state index is 13.6. The van der Waals surface area contributed by atoms with E-state index < -0.39 is 28.7 Å². The summed E-state index contributed by atoms with van der Waals surface area (Å²) in [6.45, 7) is 5.94. The summed E-state index contributed by atoms with van der Waals surface area (Å²) < 4.78 is 28.3. The molecule has 2 aromatic carbocycles. The number of carbonyl (C=O) groups excluding carboxylic acids is 2. The van der Waals surface area contributed by atoms with Gasteiger partial charge in [0, 0.05) is 27.2 Å². The van der Waals surface area contributed by atoms with Gasteiger partial charge in [-0.1, -0.05) is 55.8 Å². The van der Waals surface area contributed by atoms with Crippen LogP contribution in [0.2, 0.25) is 0 Å². The van der Waals surface area contributed by atoms with Crippen LogP contribution in [0.1, 0.15) is 37.8 Å². The van der Waals surface area contributed by atoms with Crippen molar-refractivity contribution in [3.63, 3.8) is 0 Å². The number of benzene rings is 2. The van der Waals surface area contributed by atoms with Gasteiger partial charge in [0.25, 0.3) is 0 Å². The number of anilines is 1. The molecule has 0 fully saturated rings. The Morgan fingerprint density at radius 1 is 1.00 bits per heavy atom. The van der Waals surface area contributed by atoms with E-state index in [1.807, 2.05) is 38.1 Å². The Balaban J connectivity index is 2.40. The standard InChI is InChI=1S/C25H36N4O4S/c1-6-7-17-26-25(31)21(3)28(18-22-14-12-11-13-20(22)2)24(30)19-29(34(32,33)27(4)5)23-15-9-8-10-16-23/h8-16,21H,6-7,17-19H2,1-5H3,(H,26,31)/t21-/m0/s1. The zero-order valence-electron chi connectivity index (χ0n) is 20.7. The zero-order chi connectivity index (χ0) is 25.3. The molecule has 34 heavy (non-hydrogen) atoms. The van der Waals surface area contributed by atoms with Crippen LogP contribution in [0.4, 0.5) is 5.69 Å². The van der Waals surface area contributed by atoms with Crippen molar-refractivity contribution in [1.82, 2.24) is 14.5 Å². The van der Waals surface area contributed by atoms with Crippen LogP contribution in [0.25, 0.3) is 0 Å². The van der Waals surface area contributed by atoms with Crippen molar-refractivity contribution in [2.75, 3.05) is 31.5 Å². The van der Waals surface area contributed by atoms with Crippen molar-refractivity contribution in [1.29, 1.82) is 0 Å². The van der Waals surface area contributed by atoms with E-state index in [1.54, 1.807) is 37.3 Å². The fourth-order valence-electron chi connectivity index (χ4n) is 3.40. The Hall–Kier alpha value is -2.91. The molecule has 0 saturated carbocycles. The van der Waals surface area contributed by atoms with Gasteiger partial charge in [0.05, 0.1) is 5.69 Å². The molecular formula is C25H36N4O4S. The average Bonchev–Trinajstić information content (AvgIpc) is 2.81. The van der Waals surface area contributed by atoms with Gasteiger partial charge in [-0.3, -0.25) is 9.59 Å². The van der Waals surface area contributed by atoms with Gasteiger partial charge in [-0.25, -0.2) is 4.31 Å². The number of hydrogen-bond acceptors (Lipinski definition) is 4. The van der Waals surface area contributed by atoms with Crippen molar-refractivity contribution in [3.05, 3.63) is 65.7 Å². The molecule has 0 radical (unpaired) electrons. The minimum absolute atomic E-state index is 0.193. The second-order valence-electron chi connectivity index (χ2n) is 8.40. The van der Waals surface area contributed by atoms with Crippen LogP contribution in [0.15, 0.2) is 54.6 Å². The van der Waals surface area contributed by atoms with Gasteiger partial charge in [0.2, 0.25) is 11.8 Å². The van der Waals surface area contributed by atoms with E-state index in [9.17, 15) is 18.0 Å². The van der Waals surface area contributed by atoms with E-state index in [4.69, 9.17) is 0 Å². The minimum Gasteiger partial charge on any atom is -0.354 e. The fraction of sp³-hybridized carbons (Fsp3) is 0.440. The predicted octanol–water partition coefficient (Wildman–Crippen LogP) is 2.94. The quantitative estimate of drug-likeness (QED) is 0.465. The van der Waals surface area contributed by atoms with Gasteiger partial charge < -0.3 is 10.2 Å². The molecule has 8 nitrogen and oxygen atoms in total. The second-order valence-corrected chi connectivity index (χ2v) is 10.5. The normalized spacial score (nSPS) is 12.3. The summed E-state index contributed by atoms with van der Waals surface area (Å²) in [6, 6.07) is 15.3. The van der Waals surface area contributed by atoms with Crippen LogP contribution >= 0.6 is 0 Å². The van der Waals surface area contributed by atoms with E-state index in [0.29, 0.717) is 12.2 Å². The summed E-state index contributed by atoms with van der Waals surface area (Å²) in [5.41, 5.74) is 2.26. The third kappa shape index (κ3) is 7.04. The van der Waals surface area contributed by atoms with Crippen molar-refractivity contribution in [3.8, 4) is 0 Å². The lowest BCUT2D eigenvalue weighted by Crippen LogP contribution is -2.52. The lowest BCUT2D eigenvalue weighted by atomic mass is 10.1. The third-order valence-corrected chi connectivity index (χ3v) is 7.48. The highest BCUT2D eigenvalue weighted by atomic mass is 32.2. The van der Waals surface area contributed by atoms with Crippen LogP contribution in [-0.4, -0.2) is 62.7 Å². The highest BCUT2D eigenvalue weighted by Gasteiger charge is 2.32. The number of nitrogens with one attached hydrogen (secondary N) is 1. The van der Waals surface area contributed by atoms with Crippen molar-refractivity contribution in [2.24, 2.45) is 0 Å². The summed E-state index contributed by atoms with van der Waals surface area (Å²) in [5.74, 6) is -0.729. The highest BCUT2D eigenvalue weighted by molar-refractivity contribution is 7.90. The Morgan fingerprint density at radius 3 is 2.21 bits per heavy atom. The first-order valence-electron chi connectivity index (χ1n) is 11.5. The summed E-state index contributed by atoms with van der Waals surface area (Å²) in [5, 5.41) is 2.88. The molecule has 0 saturated heterocycles. The molecule has 0 heterocycles. The number of para-hydroxylation sites is 1. The number of hydrogen-bond donors (Lipinski definition) is 1. The topological polar surface area (TPSA) is 90.0 Å². The molecule has 2 amide bonds. The van der Waals surface area contributed by atoms with Crippen LogP contribution < -0.4 is 9.62 Å². The summed E-state index contributed by atoms with van der Waals surface area (Å²) in [4.78, 5) is 27.9. The zero-order valence-corrected chi connectivity index (χ0v) is 21.5. The first-order chi connectivity index (χ1) is 16.1. The second kappa shape index (κ2) is 12.5. The highest BCUT2D eigenvalue weighted by Crippen LogP contribution is 2.21. The summed E-state index contributed by atoms with van der Waals surface area (Å²) in [6.07, 6.45) is 1.78. The molecule has 0 aliphatic heterocycles. The number of rotatable bonds is 12. The van der Waals surface area contributed by atoms with Gasteiger partial charge in [-0.05, 0) is 43.5 Å². The van der Waals surface area contributed by atoms with Crippen LogP contribution in [0, 0.1) is 6.92 Å². The van der Waals surface area contributed by atoms with E-state index in [2.05, 4.69) is 5.32 Å². The molecule has 186 valence electrons. The van der Waals surface area contributed by atoms with Crippen LogP contribution in [-0.2, 0) is 26.3 Å². The molecule has 0 bridgehead atoms. The Labute approximate surface area is 203 Å². The smallest absolute Gasteiger partial charge is 0.304 e. The largest absolute Gasteiger partial charge is 0.354 e. The van der Waals surface area contributed by atoms with E-state index in [0.717, 1.165) is 32.6 Å². The van der Waals surface area contributed by atoms with Gasteiger partial charge >= 0.3 is 10.2 Å². The van der Waals surface area contributed by atoms with Gasteiger partial charge in [0.1, 0.15) is 12.6 Å². The third-order valence-electron chi connectivity index (χ3n) is 5.66. The number of nitrogens with zero attached hydrogens (tertiary/aromatic N) is 3. The van der Waals surface area contributed by atoms with Crippen LogP contribution in [0.5, 0.6) is 0 Å². The van der Waals surface area contributed by atoms with Crippen molar-refractivity contribution >= 4 is 27.7 Å². The molecule has 0 aliphatic rings. The Morgan fingerprint density at radius 2 is 1.62 bits per heavy atom. The lowest BCUT2D eigenvalue weighted by molar-refractivity contribution is -0.139. The van der Waals surface area contributed by atoms with E-state index in [1.165, 1.54) is 19.0 Å². The van der Waals surface area contributed by atoms with E-state index in [-0.39, 0.29) is 12.5 Å². The molecule has 2 aromatic rings. The molecule has 0 spiro atoms. The number of amides is 2. The number of unbranched alkanes of at least 4 members (excludes halogenated alkanes) is 1. The number of aryl methyl sites for hydroxylation is 1. The SMILES string of the molecule is CCCCNC(=O)[C@H](C)N(Cc1ccccc1C)C(=O)CN(c1ccccc1)S(=O)(=O)N(C)C. The van der Waals surface area contributed by atoms with Gasteiger partial charge in [-0.2, -0.15) is 12.7 Å². The molecule has 0 unspecified atom stereocenters. The molecule has 1 N–H and O–H groups in total. The molecule has 2 rings (SSSR count). The van der Waals surface area contributed by atoms with Crippen LogP contribution in [0.3, 0.4) is 0 Å². The fourth-order valence-corrected chi connectivity index (χ4v) is 4.46. The number of carbonyl (C=O) groups is 2. The Bertz CT molecular complexity index is 1060. The maximum Gasteiger partial charge on any atom is 0.304 e. The Kier molecular flexibility index (Phi) is 10.1. The predicted molar refractivity (Wildman–Crippen MR) is 136 cm³/mol. The summed E-state index contributed by atoms with van der Waals surface area (Å²) >= 11 is 0. The van der Waals surface area contributed by atoms with E-state index >= 15 is 0 Å². The lowest BCUT2D eigenvalue weighted by Gasteiger charge is -2.33. The minimum atomic E-state index is -3.95. The molecule has 1 atom stereocenters. The van der Waals surface area contributed by atoms with Gasteiger partial charge in [0.15, 0.2) is 0 Å². The maximum atomic E-state index is 13.6. The van der Waals surface area contributed by atoms with Crippen molar-refractivity contribution in [2.45, 2.75) is 46.2 Å². The van der Waals surface area contributed by atoms with Crippen molar-refractivity contribution < 1.29 is 18.0 Å². The average molecular weight is 489 g/mol. The first kappa shape index (κ1) is 27.3. The molecule has 9 heteroatoms. The summed E-state index contributed by atoms with van der Waals surface area (Å²) in [7, 11) is -1.10. The first-order valence-corrected chi connectivity index (χ1v) is 12.9. The van der Waals surface area contributed by atoms with Gasteiger partial charge in [-0.15, -0.1) is 0 Å². The monoisotopic (exact) mass is 488 g/mol. The molecule has 0 aliphatic carbocycles. The molecule has 0 aromatic heterocycles. The molecular weight excluding hydrogens is 452 g/mol.